The van der Waals surface area contributed by atoms with E-state index in [4.69, 9.17) is 18.9 Å². The zero-order valence-electron chi connectivity index (χ0n) is 52.9. The molecule has 2 amide bonds. The van der Waals surface area contributed by atoms with E-state index >= 15 is 0 Å². The van der Waals surface area contributed by atoms with E-state index in [9.17, 15) is 19.2 Å². The zero-order chi connectivity index (χ0) is 61.2. The van der Waals surface area contributed by atoms with E-state index in [1.165, 1.54) is 55.2 Å². The first-order valence-electron chi connectivity index (χ1n) is 32.1. The van der Waals surface area contributed by atoms with Gasteiger partial charge in [0.1, 0.15) is 13.1 Å². The summed E-state index contributed by atoms with van der Waals surface area (Å²) in [6, 6.07) is 23.6. The van der Waals surface area contributed by atoms with E-state index in [-0.39, 0.29) is 34.3 Å². The van der Waals surface area contributed by atoms with E-state index < -0.39 is 0 Å². The van der Waals surface area contributed by atoms with Crippen LogP contribution in [0.4, 0.5) is 5.69 Å². The maximum Gasteiger partial charge on any atom is 0.254 e. The first-order valence-corrected chi connectivity index (χ1v) is 32.1. The van der Waals surface area contributed by atoms with Gasteiger partial charge in [-0.05, 0) is 165 Å². The molecule has 4 heterocycles. The van der Waals surface area contributed by atoms with Crippen LogP contribution in [0.15, 0.2) is 77.9 Å². The molecule has 1 atom stereocenters. The van der Waals surface area contributed by atoms with E-state index in [0.29, 0.717) is 146 Å². The predicted octanol–water partition coefficient (Wildman–Crippen LogP) is 8.59. The molecule has 5 aliphatic rings. The summed E-state index contributed by atoms with van der Waals surface area (Å²) in [7, 11) is 1.86. The molecule has 1 N–H and O–H groups in total. The number of Topliss-reactive ketones (excluding diaryl/α,β-unsaturated/α-hetero) is 2. The van der Waals surface area contributed by atoms with Crippen molar-refractivity contribution < 1.29 is 38.1 Å². The lowest BCUT2D eigenvalue weighted by atomic mass is 9.72. The Morgan fingerprint density at radius 1 is 0.747 bits per heavy atom. The van der Waals surface area contributed by atoms with Crippen LogP contribution in [0.5, 0.6) is 0 Å². The van der Waals surface area contributed by atoms with Crippen LogP contribution in [-0.2, 0) is 59.0 Å². The standard InChI is InChI=1S/C71H90N8O8/c1-9-79-61-42-53-41-59-55-19-13-31-78-30-12-16-52(67(55)78)40-60(59)66(58(53)43-57(61)47(2)44-71(79,6)7)54-17-10-11-18-56(54)69(83)77(8)29-14-20-64(82)72-28-15-32-84-34-36-86-38-39-87-37-35-85-33-27-50(65-62(80)45-70(4,5)46-63(65)81)24-21-49-22-25-51(26-23-49)68-75-73-48(3)74-76-68/h10-11,17-18,22-23,25-26,40,42-43,47H,9,12-16,19-21,24,27-39,41,44-46H2,1-8H3/p+1. The second kappa shape index (κ2) is 28.5. The molecule has 5 aromatic rings. The number of rotatable bonds is 27. The molecule has 16 nitrogen and oxygen atoms in total. The van der Waals surface area contributed by atoms with E-state index in [1.54, 1.807) is 11.8 Å². The van der Waals surface area contributed by atoms with Crippen LogP contribution in [0.1, 0.15) is 172 Å². The molecule has 16 heteroatoms. The summed E-state index contributed by atoms with van der Waals surface area (Å²) in [5.41, 5.74) is 15.4. The van der Waals surface area contributed by atoms with Gasteiger partial charge in [0.25, 0.3) is 5.91 Å². The number of aryl methyl sites for hydroxylation is 3. The largest absolute Gasteiger partial charge is 0.379 e. The maximum absolute atomic E-state index is 14.7. The summed E-state index contributed by atoms with van der Waals surface area (Å²) < 4.78 is 25.8. The lowest BCUT2D eigenvalue weighted by Crippen LogP contribution is -2.48. The quantitative estimate of drug-likeness (QED) is 0.0225. The second-order valence-corrected chi connectivity index (χ2v) is 26.0. The van der Waals surface area contributed by atoms with Crippen molar-refractivity contribution in [2.45, 2.75) is 150 Å². The molecule has 10 rings (SSSR count). The predicted molar refractivity (Wildman–Crippen MR) is 339 cm³/mol. The van der Waals surface area contributed by atoms with Crippen LogP contribution in [0.25, 0.3) is 17.0 Å². The SMILES string of the molecule is CCN1c2cc3c(cc2C(C)CC1(C)C)C(c1ccccc1C(=O)N(C)CCCC(=O)NCCCOCCOCCOCCOCCC(CCc1ccc(-c2nnc(C)nn2)cc1)=C1C(=O)CC(C)(C)CC1=O)=c1cc2c4c(c1C3)CCC[N+]=4CCC2. The molecule has 1 saturated carbocycles. The topological polar surface area (TPSA) is 178 Å². The zero-order valence-corrected chi connectivity index (χ0v) is 52.9. The van der Waals surface area contributed by atoms with Crippen LogP contribution in [0.2, 0.25) is 0 Å². The van der Waals surface area contributed by atoms with Crippen molar-refractivity contribution in [2.24, 2.45) is 5.41 Å². The number of nitrogens with zero attached hydrogens (tertiary/aromatic N) is 7. The number of amides is 2. The molecule has 0 spiro atoms. The fraction of sp³-hybridized carbons (Fsp3) is 0.535. The minimum absolute atomic E-state index is 0.0324. The van der Waals surface area contributed by atoms with Gasteiger partial charge >= 0.3 is 0 Å². The molecule has 0 radical (unpaired) electrons. The van der Waals surface area contributed by atoms with Crippen LogP contribution in [0, 0.1) is 12.3 Å². The highest BCUT2D eigenvalue weighted by Crippen LogP contribution is 2.47. The number of aromatic nitrogens is 4. The average Bonchev–Trinajstić information content (AvgIpc) is 0.769. The van der Waals surface area contributed by atoms with Gasteiger partial charge in [0.2, 0.25) is 17.1 Å². The van der Waals surface area contributed by atoms with E-state index in [1.807, 2.05) is 57.3 Å². The molecule has 1 fully saturated rings. The highest BCUT2D eigenvalue weighted by atomic mass is 16.6. The number of anilines is 1. The van der Waals surface area contributed by atoms with E-state index in [0.717, 1.165) is 80.4 Å². The molecule has 4 aromatic carbocycles. The first kappa shape index (κ1) is 63.2. The third kappa shape index (κ3) is 15.0. The maximum atomic E-state index is 14.7. The van der Waals surface area contributed by atoms with Crippen molar-refractivity contribution in [3.05, 3.63) is 144 Å². The lowest BCUT2D eigenvalue weighted by Gasteiger charge is -2.47. The Balaban J connectivity index is 0.629. The van der Waals surface area contributed by atoms with Crippen molar-refractivity contribution in [1.82, 2.24) is 35.2 Å². The van der Waals surface area contributed by atoms with Crippen molar-refractivity contribution in [3.8, 4) is 11.4 Å². The molecule has 2 aliphatic carbocycles. The van der Waals surface area contributed by atoms with Gasteiger partial charge in [-0.15, -0.1) is 20.4 Å². The number of carbonyl (C=O) groups excluding carboxylic acids is 4. The Kier molecular flexibility index (Phi) is 20.7. The smallest absolute Gasteiger partial charge is 0.254 e. The molecule has 3 aliphatic heterocycles. The number of ketones is 2. The lowest BCUT2D eigenvalue weighted by molar-refractivity contribution is -0.127. The number of nitrogens with one attached hydrogen (secondary N) is 1. The molecule has 0 bridgehead atoms. The third-order valence-electron chi connectivity index (χ3n) is 18.3. The Morgan fingerprint density at radius 3 is 2.11 bits per heavy atom. The summed E-state index contributed by atoms with van der Waals surface area (Å²) >= 11 is 0. The third-order valence-corrected chi connectivity index (χ3v) is 18.3. The van der Waals surface area contributed by atoms with Gasteiger partial charge in [-0.1, -0.05) is 68.8 Å². The van der Waals surface area contributed by atoms with Gasteiger partial charge in [-0.2, -0.15) is 0 Å². The first-order chi connectivity index (χ1) is 42.0. The molecule has 87 heavy (non-hydrogen) atoms. The molecular weight excluding hydrogens is 1090 g/mol. The van der Waals surface area contributed by atoms with Gasteiger partial charge < -0.3 is 34.1 Å². The fourth-order valence-corrected chi connectivity index (χ4v) is 14.2. The normalized spacial score (nSPS) is 17.4. The monoisotopic (exact) mass is 1180 g/mol. The van der Waals surface area contributed by atoms with Crippen molar-refractivity contribution in [3.63, 3.8) is 0 Å². The van der Waals surface area contributed by atoms with Crippen molar-refractivity contribution in [2.75, 3.05) is 97.5 Å². The van der Waals surface area contributed by atoms with Crippen molar-refractivity contribution in [1.29, 1.82) is 0 Å². The number of ether oxygens (including phenoxy) is 4. The summed E-state index contributed by atoms with van der Waals surface area (Å²) in [6.45, 7) is 22.6. The number of carbonyl (C=O) groups is 4. The number of hydrogen-bond donors (Lipinski definition) is 1. The van der Waals surface area contributed by atoms with Crippen LogP contribution in [-0.4, -0.2) is 147 Å². The molecule has 1 unspecified atom stereocenters. The minimum Gasteiger partial charge on any atom is -0.379 e. The van der Waals surface area contributed by atoms with Crippen LogP contribution < -0.4 is 25.4 Å². The average molecular weight is 1180 g/mol. The number of hydrogen-bond acceptors (Lipinski definition) is 13. The number of fused-ring (bicyclic) bond motifs is 4. The Hall–Kier alpha value is -6.85. The molecule has 1 aromatic heterocycles. The highest BCUT2D eigenvalue weighted by molar-refractivity contribution is 6.22. The minimum atomic E-state index is -0.346. The van der Waals surface area contributed by atoms with Gasteiger partial charge in [0.05, 0.1) is 51.8 Å². The Bertz CT molecular complexity index is 3470. The number of benzene rings is 4. The van der Waals surface area contributed by atoms with Crippen molar-refractivity contribution >= 4 is 34.6 Å². The molecule has 0 saturated heterocycles. The summed E-state index contributed by atoms with van der Waals surface area (Å²) in [4.78, 5) is 58.7. The second-order valence-electron chi connectivity index (χ2n) is 26.0. The Morgan fingerprint density at radius 2 is 1.41 bits per heavy atom. The van der Waals surface area contributed by atoms with Crippen LogP contribution in [0.3, 0.4) is 0 Å². The molecular formula is C71H91N8O8+. The van der Waals surface area contributed by atoms with Crippen LogP contribution >= 0.6 is 0 Å². The summed E-state index contributed by atoms with van der Waals surface area (Å²) in [6.07, 6.45) is 10.4. The summed E-state index contributed by atoms with van der Waals surface area (Å²) in [5, 5.41) is 22.1. The van der Waals surface area contributed by atoms with Gasteiger partial charge in [-0.3, -0.25) is 19.2 Å². The van der Waals surface area contributed by atoms with E-state index in [2.05, 4.69) is 93.2 Å². The Labute approximate surface area is 514 Å². The fourth-order valence-electron chi connectivity index (χ4n) is 14.2. The van der Waals surface area contributed by atoms with Gasteiger partial charge in [0, 0.05) is 98.9 Å². The number of allylic oxidation sites excluding steroid dienone is 1. The van der Waals surface area contributed by atoms with Gasteiger partial charge in [-0.25, -0.2) is 4.58 Å². The highest BCUT2D eigenvalue weighted by Gasteiger charge is 2.39. The summed E-state index contributed by atoms with van der Waals surface area (Å²) in [5.74, 6) is 1.13. The van der Waals surface area contributed by atoms with Gasteiger partial charge in [0.15, 0.2) is 17.4 Å². The molecule has 462 valence electrons.